The fourth-order valence-corrected chi connectivity index (χ4v) is 2.52. The molecule has 0 saturated heterocycles. The maximum absolute atomic E-state index is 12.4. The smallest absolute Gasteiger partial charge is 0.224 e. The highest BCUT2D eigenvalue weighted by molar-refractivity contribution is 5.79. The topological polar surface area (TPSA) is 64.4 Å². The van der Waals surface area contributed by atoms with Crippen LogP contribution in [0.25, 0.3) is 0 Å². The minimum atomic E-state index is -0.131. The Kier molecular flexibility index (Phi) is 7.23. The Morgan fingerprint density at radius 1 is 1.33 bits per heavy atom. The van der Waals surface area contributed by atoms with Crippen LogP contribution in [0, 0.1) is 11.8 Å². The minimum absolute atomic E-state index is 0.0314. The third-order valence-corrected chi connectivity index (χ3v) is 3.65. The lowest BCUT2D eigenvalue weighted by atomic mass is 9.95. The predicted molar refractivity (Wildman–Crippen MR) is 86.2 cm³/mol. The summed E-state index contributed by atoms with van der Waals surface area (Å²) in [6, 6.07) is 7.75. The molecule has 0 radical (unpaired) electrons. The van der Waals surface area contributed by atoms with Crippen LogP contribution >= 0.6 is 0 Å². The van der Waals surface area contributed by atoms with E-state index in [-0.39, 0.29) is 17.9 Å². The highest BCUT2D eigenvalue weighted by atomic mass is 16.5. The Hall–Kier alpha value is -1.55. The van der Waals surface area contributed by atoms with E-state index in [1.165, 1.54) is 0 Å². The Morgan fingerprint density at radius 3 is 2.52 bits per heavy atom. The van der Waals surface area contributed by atoms with Crippen LogP contribution < -0.4 is 15.8 Å². The summed E-state index contributed by atoms with van der Waals surface area (Å²) >= 11 is 0. The first kappa shape index (κ1) is 17.5. The van der Waals surface area contributed by atoms with Gasteiger partial charge in [-0.1, -0.05) is 39.0 Å². The van der Waals surface area contributed by atoms with Gasteiger partial charge in [0.1, 0.15) is 5.75 Å². The molecule has 0 fully saturated rings. The second kappa shape index (κ2) is 8.67. The Morgan fingerprint density at radius 2 is 2.00 bits per heavy atom. The third kappa shape index (κ3) is 5.05. The predicted octanol–water partition coefficient (Wildman–Crippen LogP) is 2.88. The number of ether oxygens (including phenoxy) is 1. The van der Waals surface area contributed by atoms with E-state index in [4.69, 9.17) is 10.5 Å². The van der Waals surface area contributed by atoms with E-state index < -0.39 is 0 Å². The maximum Gasteiger partial charge on any atom is 0.224 e. The molecule has 3 N–H and O–H groups in total. The number of benzene rings is 1. The van der Waals surface area contributed by atoms with E-state index in [1.807, 2.05) is 24.3 Å². The summed E-state index contributed by atoms with van der Waals surface area (Å²) in [5.41, 5.74) is 6.76. The SMILES string of the molecule is CCC(NC(=O)C(CN)CC(C)C)c1ccccc1OC. The standard InChI is InChI=1S/C17H28N2O2/c1-5-15(14-8-6-7-9-16(14)21-4)19-17(20)13(11-18)10-12(2)3/h6-9,12-13,15H,5,10-11,18H2,1-4H3,(H,19,20). The molecule has 1 aromatic carbocycles. The zero-order chi connectivity index (χ0) is 15.8. The van der Waals surface area contributed by atoms with Gasteiger partial charge in [-0.15, -0.1) is 0 Å². The molecule has 2 unspecified atom stereocenters. The van der Waals surface area contributed by atoms with Gasteiger partial charge in [0, 0.05) is 12.1 Å². The van der Waals surface area contributed by atoms with Gasteiger partial charge in [-0.25, -0.2) is 0 Å². The van der Waals surface area contributed by atoms with Crippen LogP contribution in [0.5, 0.6) is 5.75 Å². The quantitative estimate of drug-likeness (QED) is 0.774. The van der Waals surface area contributed by atoms with E-state index in [2.05, 4.69) is 26.1 Å². The molecular weight excluding hydrogens is 264 g/mol. The molecule has 1 amide bonds. The molecule has 21 heavy (non-hydrogen) atoms. The van der Waals surface area contributed by atoms with Crippen LogP contribution in [0.1, 0.15) is 45.2 Å². The zero-order valence-corrected chi connectivity index (χ0v) is 13.6. The summed E-state index contributed by atoms with van der Waals surface area (Å²) in [5, 5.41) is 3.12. The van der Waals surface area contributed by atoms with E-state index in [9.17, 15) is 4.79 Å². The number of para-hydroxylation sites is 1. The van der Waals surface area contributed by atoms with E-state index in [1.54, 1.807) is 7.11 Å². The van der Waals surface area contributed by atoms with Gasteiger partial charge in [0.2, 0.25) is 5.91 Å². The number of nitrogens with one attached hydrogen (secondary N) is 1. The molecule has 0 aliphatic rings. The first-order chi connectivity index (χ1) is 10.0. The van der Waals surface area contributed by atoms with Crippen molar-refractivity contribution >= 4 is 5.91 Å². The summed E-state index contributed by atoms with van der Waals surface area (Å²) in [6.45, 7) is 6.64. The second-order valence-corrected chi connectivity index (χ2v) is 5.77. The van der Waals surface area contributed by atoms with Gasteiger partial charge in [-0.3, -0.25) is 4.79 Å². The van der Waals surface area contributed by atoms with Crippen molar-refractivity contribution in [3.8, 4) is 5.75 Å². The number of nitrogens with two attached hydrogens (primary N) is 1. The molecule has 0 spiro atoms. The van der Waals surface area contributed by atoms with Crippen molar-refractivity contribution in [1.29, 1.82) is 0 Å². The van der Waals surface area contributed by atoms with Crippen LogP contribution in [-0.4, -0.2) is 19.6 Å². The summed E-state index contributed by atoms with van der Waals surface area (Å²) in [5.74, 6) is 1.16. The average Bonchev–Trinajstić information content (AvgIpc) is 2.49. The lowest BCUT2D eigenvalue weighted by Gasteiger charge is -2.23. The Labute approximate surface area is 128 Å². The normalized spacial score (nSPS) is 13.8. The summed E-state index contributed by atoms with van der Waals surface area (Å²) < 4.78 is 5.39. The van der Waals surface area contributed by atoms with Gasteiger partial charge >= 0.3 is 0 Å². The minimum Gasteiger partial charge on any atom is -0.496 e. The molecule has 0 aliphatic heterocycles. The Balaban J connectivity index is 2.84. The van der Waals surface area contributed by atoms with Crippen LogP contribution in [-0.2, 0) is 4.79 Å². The first-order valence-electron chi connectivity index (χ1n) is 7.66. The van der Waals surface area contributed by atoms with Crippen LogP contribution in [0.4, 0.5) is 0 Å². The highest BCUT2D eigenvalue weighted by Gasteiger charge is 2.22. The first-order valence-corrected chi connectivity index (χ1v) is 7.66. The fourth-order valence-electron chi connectivity index (χ4n) is 2.52. The lowest BCUT2D eigenvalue weighted by molar-refractivity contribution is -0.126. The maximum atomic E-state index is 12.4. The van der Waals surface area contributed by atoms with Crippen molar-refractivity contribution < 1.29 is 9.53 Å². The molecule has 0 aromatic heterocycles. The van der Waals surface area contributed by atoms with Gasteiger partial charge in [0.05, 0.1) is 19.1 Å². The second-order valence-electron chi connectivity index (χ2n) is 5.77. The van der Waals surface area contributed by atoms with Crippen LogP contribution in [0.15, 0.2) is 24.3 Å². The molecule has 4 heteroatoms. The van der Waals surface area contributed by atoms with Gasteiger partial charge in [0.25, 0.3) is 0 Å². The van der Waals surface area contributed by atoms with Crippen molar-refractivity contribution in [3.05, 3.63) is 29.8 Å². The van der Waals surface area contributed by atoms with Crippen molar-refractivity contribution in [1.82, 2.24) is 5.32 Å². The summed E-state index contributed by atoms with van der Waals surface area (Å²) in [7, 11) is 1.65. The van der Waals surface area contributed by atoms with Crippen molar-refractivity contribution in [2.24, 2.45) is 17.6 Å². The van der Waals surface area contributed by atoms with E-state index in [0.717, 1.165) is 24.2 Å². The van der Waals surface area contributed by atoms with Crippen LogP contribution in [0.3, 0.4) is 0 Å². The van der Waals surface area contributed by atoms with Gasteiger partial charge in [-0.2, -0.15) is 0 Å². The van der Waals surface area contributed by atoms with Crippen molar-refractivity contribution in [2.45, 2.75) is 39.7 Å². The monoisotopic (exact) mass is 292 g/mol. The summed E-state index contributed by atoms with van der Waals surface area (Å²) in [4.78, 5) is 12.4. The molecule has 1 aromatic rings. The van der Waals surface area contributed by atoms with E-state index in [0.29, 0.717) is 12.5 Å². The number of carbonyl (C=O) groups excluding carboxylic acids is 1. The molecule has 0 saturated carbocycles. The van der Waals surface area contributed by atoms with Gasteiger partial charge < -0.3 is 15.8 Å². The molecule has 0 aliphatic carbocycles. The summed E-state index contributed by atoms with van der Waals surface area (Å²) in [6.07, 6.45) is 1.62. The fraction of sp³-hybridized carbons (Fsp3) is 0.588. The molecule has 2 atom stereocenters. The molecule has 4 nitrogen and oxygen atoms in total. The van der Waals surface area contributed by atoms with Crippen molar-refractivity contribution in [3.63, 3.8) is 0 Å². The zero-order valence-electron chi connectivity index (χ0n) is 13.6. The Bertz CT molecular complexity index is 446. The highest BCUT2D eigenvalue weighted by Crippen LogP contribution is 2.27. The van der Waals surface area contributed by atoms with Gasteiger partial charge in [-0.05, 0) is 24.8 Å². The molecule has 118 valence electrons. The van der Waals surface area contributed by atoms with E-state index >= 15 is 0 Å². The molecular formula is C17H28N2O2. The third-order valence-electron chi connectivity index (χ3n) is 3.65. The molecule has 1 rings (SSSR count). The number of methoxy groups -OCH3 is 1. The number of hydrogen-bond acceptors (Lipinski definition) is 3. The van der Waals surface area contributed by atoms with Gasteiger partial charge in [0.15, 0.2) is 0 Å². The lowest BCUT2D eigenvalue weighted by Crippen LogP contribution is -2.38. The molecule has 0 heterocycles. The largest absolute Gasteiger partial charge is 0.496 e. The molecule has 0 bridgehead atoms. The van der Waals surface area contributed by atoms with Crippen LogP contribution in [0.2, 0.25) is 0 Å². The average molecular weight is 292 g/mol. The number of carbonyl (C=O) groups is 1. The number of rotatable bonds is 8. The van der Waals surface area contributed by atoms with Crippen molar-refractivity contribution in [2.75, 3.05) is 13.7 Å². The number of hydrogen-bond donors (Lipinski definition) is 2. The number of amides is 1.